The number of aryl methyl sites for hydroxylation is 1. The molecule has 0 aliphatic rings. The Bertz CT molecular complexity index is 967. The van der Waals surface area contributed by atoms with Crippen molar-refractivity contribution in [3.8, 4) is 0 Å². The van der Waals surface area contributed by atoms with Gasteiger partial charge in [0.2, 0.25) is 5.30 Å². The highest BCUT2D eigenvalue weighted by Crippen LogP contribution is 2.25. The molecule has 0 fully saturated rings. The van der Waals surface area contributed by atoms with Crippen molar-refractivity contribution in [3.05, 3.63) is 83.9 Å². The van der Waals surface area contributed by atoms with E-state index in [1.54, 1.807) is 12.1 Å². The second-order valence-electron chi connectivity index (χ2n) is 6.55. The quantitative estimate of drug-likeness (QED) is 0.682. The van der Waals surface area contributed by atoms with Gasteiger partial charge in [-0.2, -0.15) is 0 Å². The lowest BCUT2D eigenvalue weighted by molar-refractivity contribution is 0.102. The molecular formula is C22H22N2O2P+. The summed E-state index contributed by atoms with van der Waals surface area (Å²) >= 11 is 0. The summed E-state index contributed by atoms with van der Waals surface area (Å²) in [5.41, 5.74) is 3.13. The van der Waals surface area contributed by atoms with E-state index >= 15 is 0 Å². The molecule has 0 bridgehead atoms. The molecule has 1 amide bonds. The SMILES string of the molecule is Cc1ccc(NC(=O)c2cc(N(C)C)ccc2[P+](=O)c2ccccc2)cc1. The molecule has 27 heavy (non-hydrogen) atoms. The summed E-state index contributed by atoms with van der Waals surface area (Å²) in [6.45, 7) is 1.99. The summed E-state index contributed by atoms with van der Waals surface area (Å²) in [5.74, 6) is -0.267. The van der Waals surface area contributed by atoms with Crippen LogP contribution >= 0.6 is 7.80 Å². The highest BCUT2D eigenvalue weighted by atomic mass is 31.1. The molecule has 4 nitrogen and oxygen atoms in total. The summed E-state index contributed by atoms with van der Waals surface area (Å²) in [5, 5.41) is 4.15. The van der Waals surface area contributed by atoms with Gasteiger partial charge in [0.1, 0.15) is 0 Å². The minimum atomic E-state index is -1.86. The Morgan fingerprint density at radius 1 is 0.926 bits per heavy atom. The zero-order valence-corrected chi connectivity index (χ0v) is 16.5. The summed E-state index contributed by atoms with van der Waals surface area (Å²) in [6.07, 6.45) is 0. The second kappa shape index (κ2) is 8.15. The van der Waals surface area contributed by atoms with Crippen LogP contribution in [0.2, 0.25) is 0 Å². The molecule has 0 saturated heterocycles. The Kier molecular flexibility index (Phi) is 5.68. The highest BCUT2D eigenvalue weighted by Gasteiger charge is 2.30. The molecule has 1 unspecified atom stereocenters. The molecule has 3 aromatic carbocycles. The Hall–Kier alpha value is -2.97. The van der Waals surface area contributed by atoms with Crippen molar-refractivity contribution in [1.29, 1.82) is 0 Å². The maximum atomic E-state index is 13.1. The number of hydrogen-bond acceptors (Lipinski definition) is 3. The van der Waals surface area contributed by atoms with Crippen LogP contribution in [0.1, 0.15) is 15.9 Å². The van der Waals surface area contributed by atoms with Gasteiger partial charge in [-0.05, 0) is 49.4 Å². The molecule has 3 rings (SSSR count). The monoisotopic (exact) mass is 377 g/mol. The molecule has 3 aromatic rings. The Labute approximate surface area is 160 Å². The number of nitrogens with zero attached hydrogens (tertiary/aromatic N) is 1. The molecule has 0 spiro atoms. The minimum Gasteiger partial charge on any atom is -0.378 e. The van der Waals surface area contributed by atoms with E-state index in [2.05, 4.69) is 5.32 Å². The molecule has 1 N–H and O–H groups in total. The summed E-state index contributed by atoms with van der Waals surface area (Å²) in [7, 11) is 1.96. The fourth-order valence-electron chi connectivity index (χ4n) is 2.70. The lowest BCUT2D eigenvalue weighted by atomic mass is 10.1. The van der Waals surface area contributed by atoms with Crippen molar-refractivity contribution < 1.29 is 9.36 Å². The maximum absolute atomic E-state index is 13.1. The number of carbonyl (C=O) groups is 1. The van der Waals surface area contributed by atoms with Crippen LogP contribution in [0.3, 0.4) is 0 Å². The van der Waals surface area contributed by atoms with Crippen molar-refractivity contribution >= 4 is 35.7 Å². The van der Waals surface area contributed by atoms with E-state index in [0.29, 0.717) is 21.9 Å². The average molecular weight is 377 g/mol. The van der Waals surface area contributed by atoms with E-state index in [1.807, 2.05) is 86.6 Å². The van der Waals surface area contributed by atoms with Crippen molar-refractivity contribution in [1.82, 2.24) is 0 Å². The number of nitrogens with one attached hydrogen (secondary N) is 1. The van der Waals surface area contributed by atoms with Crippen LogP contribution in [-0.2, 0) is 4.57 Å². The topological polar surface area (TPSA) is 49.4 Å². The van der Waals surface area contributed by atoms with E-state index in [-0.39, 0.29) is 5.91 Å². The van der Waals surface area contributed by atoms with Gasteiger partial charge < -0.3 is 10.2 Å². The Morgan fingerprint density at radius 2 is 1.59 bits per heavy atom. The molecule has 0 aliphatic heterocycles. The minimum absolute atomic E-state index is 0.267. The van der Waals surface area contributed by atoms with E-state index in [1.165, 1.54) is 0 Å². The normalized spacial score (nSPS) is 11.0. The number of anilines is 2. The zero-order chi connectivity index (χ0) is 19.4. The number of benzene rings is 3. The van der Waals surface area contributed by atoms with Crippen LogP contribution in [-0.4, -0.2) is 20.0 Å². The van der Waals surface area contributed by atoms with Gasteiger partial charge in [-0.3, -0.25) is 4.79 Å². The van der Waals surface area contributed by atoms with Crippen LogP contribution in [0.15, 0.2) is 72.8 Å². The van der Waals surface area contributed by atoms with Gasteiger partial charge >= 0.3 is 7.80 Å². The van der Waals surface area contributed by atoms with Crippen LogP contribution in [0.25, 0.3) is 0 Å². The molecule has 5 heteroatoms. The van der Waals surface area contributed by atoms with Crippen molar-refractivity contribution in [3.63, 3.8) is 0 Å². The Morgan fingerprint density at radius 3 is 2.22 bits per heavy atom. The third kappa shape index (κ3) is 4.42. The summed E-state index contributed by atoms with van der Waals surface area (Å²) < 4.78 is 13.1. The fraction of sp³-hybridized carbons (Fsp3) is 0.136. The van der Waals surface area contributed by atoms with E-state index in [4.69, 9.17) is 0 Å². The molecular weight excluding hydrogens is 355 g/mol. The molecule has 1 atom stereocenters. The predicted molar refractivity (Wildman–Crippen MR) is 113 cm³/mol. The third-order valence-corrected chi connectivity index (χ3v) is 5.85. The van der Waals surface area contributed by atoms with Crippen LogP contribution in [0, 0.1) is 6.92 Å². The number of carbonyl (C=O) groups excluding carboxylic acids is 1. The van der Waals surface area contributed by atoms with Crippen LogP contribution in [0.4, 0.5) is 11.4 Å². The van der Waals surface area contributed by atoms with Gasteiger partial charge in [-0.15, -0.1) is 0 Å². The summed E-state index contributed by atoms with van der Waals surface area (Å²) in [4.78, 5) is 14.9. The average Bonchev–Trinajstić information content (AvgIpc) is 2.69. The molecule has 136 valence electrons. The van der Waals surface area contributed by atoms with Gasteiger partial charge in [0.25, 0.3) is 5.91 Å². The predicted octanol–water partition coefficient (Wildman–Crippen LogP) is 4.09. The first kappa shape index (κ1) is 18.8. The van der Waals surface area contributed by atoms with E-state index in [0.717, 1.165) is 11.3 Å². The Balaban J connectivity index is 2.00. The maximum Gasteiger partial charge on any atom is 0.416 e. The van der Waals surface area contributed by atoms with Crippen molar-refractivity contribution in [2.24, 2.45) is 0 Å². The first-order valence-electron chi connectivity index (χ1n) is 8.67. The molecule has 0 heterocycles. The molecule has 0 radical (unpaired) electrons. The van der Waals surface area contributed by atoms with E-state index in [9.17, 15) is 9.36 Å². The smallest absolute Gasteiger partial charge is 0.378 e. The number of hydrogen-bond donors (Lipinski definition) is 1. The first-order chi connectivity index (χ1) is 13.0. The number of rotatable bonds is 5. The second-order valence-corrected chi connectivity index (χ2v) is 8.13. The zero-order valence-electron chi connectivity index (χ0n) is 15.6. The van der Waals surface area contributed by atoms with Gasteiger partial charge in [0.05, 0.1) is 5.56 Å². The van der Waals surface area contributed by atoms with Gasteiger partial charge in [-0.25, -0.2) is 0 Å². The largest absolute Gasteiger partial charge is 0.416 e. The molecule has 0 saturated carbocycles. The first-order valence-corrected chi connectivity index (χ1v) is 9.93. The molecule has 0 aliphatic carbocycles. The lowest BCUT2D eigenvalue weighted by Gasteiger charge is -2.14. The third-order valence-electron chi connectivity index (χ3n) is 4.26. The van der Waals surface area contributed by atoms with Crippen LogP contribution in [0.5, 0.6) is 0 Å². The van der Waals surface area contributed by atoms with Crippen LogP contribution < -0.4 is 20.8 Å². The van der Waals surface area contributed by atoms with Gasteiger partial charge in [-0.1, -0.05) is 40.5 Å². The lowest BCUT2D eigenvalue weighted by Crippen LogP contribution is -2.23. The van der Waals surface area contributed by atoms with Gasteiger partial charge in [0, 0.05) is 25.5 Å². The highest BCUT2D eigenvalue weighted by molar-refractivity contribution is 7.61. The number of amides is 1. The standard InChI is InChI=1S/C22H21N2O2P/c1-16-9-11-17(12-10-16)23-22(25)20-15-18(24(2)3)13-14-21(20)27(26)19-7-5-4-6-8-19/h4-15H,1-3H3/p+1. The molecule has 0 aromatic heterocycles. The fourth-order valence-corrected chi connectivity index (χ4v) is 4.01. The van der Waals surface area contributed by atoms with Crippen molar-refractivity contribution in [2.45, 2.75) is 6.92 Å². The summed E-state index contributed by atoms with van der Waals surface area (Å²) in [6, 6.07) is 22.3. The van der Waals surface area contributed by atoms with Gasteiger partial charge in [0.15, 0.2) is 5.30 Å². The van der Waals surface area contributed by atoms with Crippen molar-refractivity contribution in [2.75, 3.05) is 24.3 Å². The van der Waals surface area contributed by atoms with E-state index < -0.39 is 7.80 Å².